The number of thiazole rings is 1. The largest absolute Gasteiger partial charge is 0.483 e. The van der Waals surface area contributed by atoms with E-state index in [2.05, 4.69) is 4.98 Å². The van der Waals surface area contributed by atoms with Crippen LogP contribution in [-0.4, -0.2) is 36.5 Å². The van der Waals surface area contributed by atoms with Crippen molar-refractivity contribution in [2.75, 3.05) is 20.7 Å². The fourth-order valence-electron chi connectivity index (χ4n) is 1.53. The van der Waals surface area contributed by atoms with Crippen LogP contribution < -0.4 is 4.74 Å². The van der Waals surface area contributed by atoms with Gasteiger partial charge in [0.25, 0.3) is 5.91 Å². The summed E-state index contributed by atoms with van der Waals surface area (Å²) < 4.78 is 5.60. The van der Waals surface area contributed by atoms with Crippen LogP contribution in [0.15, 0.2) is 29.6 Å². The number of benzene rings is 1. The highest BCUT2D eigenvalue weighted by Crippen LogP contribution is 2.32. The number of hydrogen-bond donors (Lipinski definition) is 0. The van der Waals surface area contributed by atoms with Crippen LogP contribution in [0.2, 0.25) is 0 Å². The number of ether oxygens (including phenoxy) is 1. The Morgan fingerprint density at radius 3 is 2.80 bits per heavy atom. The van der Waals surface area contributed by atoms with E-state index < -0.39 is 0 Å². The fourth-order valence-corrected chi connectivity index (χ4v) is 2.61. The van der Waals surface area contributed by atoms with E-state index in [9.17, 15) is 4.79 Å². The molecule has 0 aliphatic carbocycles. The lowest BCUT2D eigenvalue weighted by Crippen LogP contribution is -2.27. The van der Waals surface area contributed by atoms with Crippen LogP contribution >= 0.6 is 22.9 Å². The zero-order valence-corrected chi connectivity index (χ0v) is 12.9. The SMILES string of the molecule is CN(C)C(=O)COc1ccccc1-c1nc(CCl)cs1. The van der Waals surface area contributed by atoms with Gasteiger partial charge in [0.05, 0.1) is 17.1 Å². The van der Waals surface area contributed by atoms with Crippen molar-refractivity contribution in [1.82, 2.24) is 9.88 Å². The molecule has 1 aromatic carbocycles. The maximum absolute atomic E-state index is 11.6. The minimum absolute atomic E-state index is 0.0117. The second-order valence-corrected chi connectivity index (χ2v) is 5.48. The van der Waals surface area contributed by atoms with E-state index in [1.807, 2.05) is 29.6 Å². The monoisotopic (exact) mass is 310 g/mol. The molecule has 4 nitrogen and oxygen atoms in total. The predicted octanol–water partition coefficient (Wildman–Crippen LogP) is 3.02. The summed E-state index contributed by atoms with van der Waals surface area (Å²) in [6, 6.07) is 7.54. The van der Waals surface area contributed by atoms with Crippen LogP contribution in [0.4, 0.5) is 0 Å². The molecule has 2 rings (SSSR count). The summed E-state index contributed by atoms with van der Waals surface area (Å²) in [5.74, 6) is 0.956. The number of halogens is 1. The number of amides is 1. The number of para-hydroxylation sites is 1. The Morgan fingerprint density at radius 1 is 1.40 bits per heavy atom. The second-order valence-electron chi connectivity index (χ2n) is 4.35. The Bertz CT molecular complexity index is 598. The van der Waals surface area contributed by atoms with Gasteiger partial charge in [0.2, 0.25) is 0 Å². The number of rotatable bonds is 5. The molecule has 1 amide bonds. The van der Waals surface area contributed by atoms with Crippen molar-refractivity contribution in [3.05, 3.63) is 35.3 Å². The van der Waals surface area contributed by atoms with Gasteiger partial charge in [-0.2, -0.15) is 0 Å². The number of alkyl halides is 1. The quantitative estimate of drug-likeness (QED) is 0.797. The summed E-state index contributed by atoms with van der Waals surface area (Å²) in [5.41, 5.74) is 1.71. The Labute approximate surface area is 127 Å². The zero-order valence-electron chi connectivity index (χ0n) is 11.3. The Balaban J connectivity index is 2.20. The maximum Gasteiger partial charge on any atom is 0.259 e. The average Bonchev–Trinajstić information content (AvgIpc) is 2.93. The van der Waals surface area contributed by atoms with Gasteiger partial charge in [-0.15, -0.1) is 22.9 Å². The molecular formula is C14H15ClN2O2S. The molecule has 0 radical (unpaired) electrons. The van der Waals surface area contributed by atoms with Crippen molar-refractivity contribution in [3.63, 3.8) is 0 Å². The van der Waals surface area contributed by atoms with E-state index in [1.54, 1.807) is 14.1 Å². The van der Waals surface area contributed by atoms with Crippen LogP contribution in [0, 0.1) is 0 Å². The van der Waals surface area contributed by atoms with Gasteiger partial charge in [-0.3, -0.25) is 4.79 Å². The van der Waals surface area contributed by atoms with Gasteiger partial charge >= 0.3 is 0 Å². The molecule has 106 valence electrons. The van der Waals surface area contributed by atoms with Crippen molar-refractivity contribution in [2.24, 2.45) is 0 Å². The first-order valence-corrected chi connectivity index (χ1v) is 7.46. The molecule has 0 saturated carbocycles. The standard InChI is InChI=1S/C14H15ClN2O2S/c1-17(2)13(18)8-19-12-6-4-3-5-11(12)14-16-10(7-15)9-20-14/h3-6,9H,7-8H2,1-2H3. The summed E-state index contributed by atoms with van der Waals surface area (Å²) >= 11 is 7.28. The minimum atomic E-state index is -0.0830. The van der Waals surface area contributed by atoms with Crippen molar-refractivity contribution in [3.8, 4) is 16.3 Å². The van der Waals surface area contributed by atoms with E-state index >= 15 is 0 Å². The van der Waals surface area contributed by atoms with E-state index in [4.69, 9.17) is 16.3 Å². The maximum atomic E-state index is 11.6. The third kappa shape index (κ3) is 3.49. The lowest BCUT2D eigenvalue weighted by molar-refractivity contribution is -0.130. The van der Waals surface area contributed by atoms with E-state index in [0.29, 0.717) is 11.6 Å². The van der Waals surface area contributed by atoms with Crippen molar-refractivity contribution < 1.29 is 9.53 Å². The lowest BCUT2D eigenvalue weighted by Gasteiger charge is -2.13. The molecule has 1 aromatic heterocycles. The molecule has 0 unspecified atom stereocenters. The molecular weight excluding hydrogens is 296 g/mol. The van der Waals surface area contributed by atoms with Crippen molar-refractivity contribution in [2.45, 2.75) is 5.88 Å². The van der Waals surface area contributed by atoms with Gasteiger partial charge in [-0.05, 0) is 12.1 Å². The lowest BCUT2D eigenvalue weighted by atomic mass is 10.2. The molecule has 2 aromatic rings. The third-order valence-electron chi connectivity index (χ3n) is 2.66. The number of hydrogen-bond acceptors (Lipinski definition) is 4. The first-order chi connectivity index (χ1) is 9.61. The number of aromatic nitrogens is 1. The van der Waals surface area contributed by atoms with Crippen LogP contribution in [0.5, 0.6) is 5.75 Å². The average molecular weight is 311 g/mol. The number of likely N-dealkylation sites (N-methyl/N-ethyl adjacent to an activating group) is 1. The summed E-state index contributed by atoms with van der Waals surface area (Å²) in [4.78, 5) is 17.5. The predicted molar refractivity (Wildman–Crippen MR) is 81.3 cm³/mol. The highest BCUT2D eigenvalue weighted by Gasteiger charge is 2.12. The van der Waals surface area contributed by atoms with E-state index in [1.165, 1.54) is 16.2 Å². The molecule has 0 bridgehead atoms. The number of nitrogens with zero attached hydrogens (tertiary/aromatic N) is 2. The van der Waals surface area contributed by atoms with Crippen molar-refractivity contribution in [1.29, 1.82) is 0 Å². The van der Waals surface area contributed by atoms with E-state index in [-0.39, 0.29) is 12.5 Å². The zero-order chi connectivity index (χ0) is 14.5. The smallest absolute Gasteiger partial charge is 0.259 e. The summed E-state index contributed by atoms with van der Waals surface area (Å²) in [7, 11) is 3.40. The van der Waals surface area contributed by atoms with Gasteiger partial charge in [0, 0.05) is 19.5 Å². The van der Waals surface area contributed by atoms with Crippen LogP contribution in [0.1, 0.15) is 5.69 Å². The van der Waals surface area contributed by atoms with E-state index in [0.717, 1.165) is 16.3 Å². The molecule has 0 atom stereocenters. The normalized spacial score (nSPS) is 10.3. The molecule has 0 fully saturated rings. The van der Waals surface area contributed by atoms with Gasteiger partial charge in [-0.25, -0.2) is 4.98 Å². The molecule has 0 aliphatic heterocycles. The highest BCUT2D eigenvalue weighted by atomic mass is 35.5. The molecule has 0 spiro atoms. The molecule has 20 heavy (non-hydrogen) atoms. The Hall–Kier alpha value is -1.59. The first kappa shape index (κ1) is 14.8. The summed E-state index contributed by atoms with van der Waals surface area (Å²) in [6.07, 6.45) is 0. The van der Waals surface area contributed by atoms with Gasteiger partial charge in [0.1, 0.15) is 10.8 Å². The molecule has 0 saturated heterocycles. The molecule has 0 aliphatic rings. The topological polar surface area (TPSA) is 42.4 Å². The fraction of sp³-hybridized carbons (Fsp3) is 0.286. The number of carbonyl (C=O) groups excluding carboxylic acids is 1. The van der Waals surface area contributed by atoms with Gasteiger partial charge < -0.3 is 9.64 Å². The molecule has 6 heteroatoms. The second kappa shape index (κ2) is 6.72. The third-order valence-corrected chi connectivity index (χ3v) is 3.85. The summed E-state index contributed by atoms with van der Waals surface area (Å²) in [5, 5.41) is 2.76. The molecule has 0 N–H and O–H groups in total. The van der Waals surface area contributed by atoms with Crippen LogP contribution in [0.25, 0.3) is 10.6 Å². The van der Waals surface area contributed by atoms with Gasteiger partial charge in [-0.1, -0.05) is 12.1 Å². The first-order valence-electron chi connectivity index (χ1n) is 6.04. The Kier molecular flexibility index (Phi) is 4.98. The van der Waals surface area contributed by atoms with Gasteiger partial charge in [0.15, 0.2) is 6.61 Å². The highest BCUT2D eigenvalue weighted by molar-refractivity contribution is 7.13. The van der Waals surface area contributed by atoms with Crippen LogP contribution in [-0.2, 0) is 10.7 Å². The van der Waals surface area contributed by atoms with Crippen LogP contribution in [0.3, 0.4) is 0 Å². The number of carbonyl (C=O) groups is 1. The summed E-state index contributed by atoms with van der Waals surface area (Å²) in [6.45, 7) is 0.0117. The molecule has 1 heterocycles. The minimum Gasteiger partial charge on any atom is -0.483 e. The Morgan fingerprint density at radius 2 is 2.15 bits per heavy atom. The van der Waals surface area contributed by atoms with Crippen molar-refractivity contribution >= 4 is 28.8 Å².